The van der Waals surface area contributed by atoms with E-state index in [1.165, 1.54) is 0 Å². The predicted molar refractivity (Wildman–Crippen MR) is 47.2 cm³/mol. The number of likely N-dealkylation sites (N-methyl/N-ethyl adjacent to an activating group) is 1. The van der Waals surface area contributed by atoms with Gasteiger partial charge in [0, 0.05) is 19.8 Å². The Morgan fingerprint density at radius 1 is 1.42 bits per heavy atom. The summed E-state index contributed by atoms with van der Waals surface area (Å²) in [6, 6.07) is 0.242. The summed E-state index contributed by atoms with van der Waals surface area (Å²) >= 11 is 0. The van der Waals surface area contributed by atoms with Crippen LogP contribution in [-0.2, 0) is 9.47 Å². The number of ether oxygens (including phenoxy) is 2. The van der Waals surface area contributed by atoms with Gasteiger partial charge in [0.1, 0.15) is 0 Å². The Hall–Kier alpha value is -0.160. The molecule has 0 aliphatic rings. The van der Waals surface area contributed by atoms with Gasteiger partial charge in [0.05, 0.1) is 19.8 Å². The normalized spacial score (nSPS) is 13.2. The molecule has 0 aromatic rings. The van der Waals surface area contributed by atoms with Gasteiger partial charge in [0.2, 0.25) is 0 Å². The average molecular weight is 177 g/mol. The quantitative estimate of drug-likeness (QED) is 0.496. The third kappa shape index (κ3) is 6.54. The smallest absolute Gasteiger partial charge is 0.0701 e. The molecular weight excluding hydrogens is 158 g/mol. The minimum absolute atomic E-state index is 0.194. The van der Waals surface area contributed by atoms with E-state index in [1.54, 1.807) is 7.11 Å². The minimum atomic E-state index is 0.194. The predicted octanol–water partition coefficient (Wildman–Crippen LogP) is -0.380. The molecule has 2 N–H and O–H groups in total. The van der Waals surface area contributed by atoms with Crippen LogP contribution in [0.3, 0.4) is 0 Å². The Kier molecular flexibility index (Phi) is 8.81. The Balaban J connectivity index is 3.19. The first-order valence-corrected chi connectivity index (χ1v) is 4.20. The molecule has 4 nitrogen and oxygen atoms in total. The van der Waals surface area contributed by atoms with Crippen LogP contribution >= 0.6 is 0 Å². The van der Waals surface area contributed by atoms with Gasteiger partial charge in [-0.2, -0.15) is 0 Å². The van der Waals surface area contributed by atoms with Crippen LogP contribution in [0.4, 0.5) is 0 Å². The molecule has 0 saturated heterocycles. The summed E-state index contributed by atoms with van der Waals surface area (Å²) in [5.74, 6) is 0. The maximum atomic E-state index is 8.65. The Labute approximate surface area is 73.9 Å². The highest BCUT2D eigenvalue weighted by molar-refractivity contribution is 4.61. The molecule has 0 heterocycles. The van der Waals surface area contributed by atoms with E-state index < -0.39 is 0 Å². The maximum absolute atomic E-state index is 8.65. The summed E-state index contributed by atoms with van der Waals surface area (Å²) in [5, 5.41) is 11.7. The van der Waals surface area contributed by atoms with Gasteiger partial charge in [-0.25, -0.2) is 0 Å². The second kappa shape index (κ2) is 8.93. The third-order valence-corrected chi connectivity index (χ3v) is 1.64. The maximum Gasteiger partial charge on any atom is 0.0701 e. The van der Waals surface area contributed by atoms with Crippen LogP contribution in [0.1, 0.15) is 6.42 Å². The Morgan fingerprint density at radius 3 is 2.67 bits per heavy atom. The molecule has 0 rings (SSSR count). The zero-order valence-electron chi connectivity index (χ0n) is 7.88. The molecule has 0 aliphatic heterocycles. The highest BCUT2D eigenvalue weighted by Crippen LogP contribution is 1.91. The molecule has 1 unspecified atom stereocenters. The number of methoxy groups -OCH3 is 1. The summed E-state index contributed by atoms with van der Waals surface area (Å²) < 4.78 is 10.1. The van der Waals surface area contributed by atoms with Gasteiger partial charge in [0.15, 0.2) is 0 Å². The molecule has 0 radical (unpaired) electrons. The lowest BCUT2D eigenvalue weighted by atomic mass is 10.2. The van der Waals surface area contributed by atoms with Gasteiger partial charge in [-0.05, 0) is 13.5 Å². The lowest BCUT2D eigenvalue weighted by molar-refractivity contribution is 0.0558. The van der Waals surface area contributed by atoms with E-state index in [0.29, 0.717) is 19.8 Å². The van der Waals surface area contributed by atoms with E-state index >= 15 is 0 Å². The molecule has 0 saturated carbocycles. The van der Waals surface area contributed by atoms with Crippen molar-refractivity contribution in [2.24, 2.45) is 0 Å². The zero-order chi connectivity index (χ0) is 9.23. The lowest BCUT2D eigenvalue weighted by Gasteiger charge is -2.14. The molecule has 0 bridgehead atoms. The first-order valence-electron chi connectivity index (χ1n) is 4.20. The van der Waals surface area contributed by atoms with Crippen LogP contribution in [0.25, 0.3) is 0 Å². The number of nitrogens with one attached hydrogen (secondary N) is 1. The summed E-state index contributed by atoms with van der Waals surface area (Å²) in [6.07, 6.45) is 0.726. The van der Waals surface area contributed by atoms with Crippen molar-refractivity contribution in [3.63, 3.8) is 0 Å². The van der Waals surface area contributed by atoms with Crippen LogP contribution in [0.15, 0.2) is 0 Å². The molecule has 0 aliphatic carbocycles. The largest absolute Gasteiger partial charge is 0.396 e. The summed E-state index contributed by atoms with van der Waals surface area (Å²) in [6.45, 7) is 2.05. The number of aliphatic hydroxyl groups excluding tert-OH is 1. The van der Waals surface area contributed by atoms with E-state index in [1.807, 2.05) is 7.05 Å². The molecule has 0 aromatic carbocycles. The van der Waals surface area contributed by atoms with Gasteiger partial charge >= 0.3 is 0 Å². The lowest BCUT2D eigenvalue weighted by Crippen LogP contribution is -2.31. The van der Waals surface area contributed by atoms with Crippen LogP contribution in [0.2, 0.25) is 0 Å². The fourth-order valence-electron chi connectivity index (χ4n) is 0.835. The van der Waals surface area contributed by atoms with Gasteiger partial charge < -0.3 is 19.9 Å². The van der Waals surface area contributed by atoms with Gasteiger partial charge in [-0.3, -0.25) is 0 Å². The average Bonchev–Trinajstić information content (AvgIpc) is 2.10. The molecule has 12 heavy (non-hydrogen) atoms. The van der Waals surface area contributed by atoms with Gasteiger partial charge in [0.25, 0.3) is 0 Å². The molecule has 0 aromatic heterocycles. The van der Waals surface area contributed by atoms with Crippen molar-refractivity contribution in [1.29, 1.82) is 0 Å². The first kappa shape index (κ1) is 11.8. The van der Waals surface area contributed by atoms with Crippen molar-refractivity contribution in [3.8, 4) is 0 Å². The van der Waals surface area contributed by atoms with E-state index in [-0.39, 0.29) is 12.6 Å². The molecular formula is C8H19NO3. The Morgan fingerprint density at radius 2 is 2.17 bits per heavy atom. The topological polar surface area (TPSA) is 50.7 Å². The second-order valence-electron chi connectivity index (χ2n) is 2.57. The highest BCUT2D eigenvalue weighted by atomic mass is 16.5. The van der Waals surface area contributed by atoms with Crippen molar-refractivity contribution in [2.45, 2.75) is 12.5 Å². The van der Waals surface area contributed by atoms with Crippen molar-refractivity contribution in [1.82, 2.24) is 5.32 Å². The summed E-state index contributed by atoms with van der Waals surface area (Å²) in [7, 11) is 3.51. The number of hydrogen-bond acceptors (Lipinski definition) is 4. The van der Waals surface area contributed by atoms with Gasteiger partial charge in [-0.1, -0.05) is 0 Å². The number of aliphatic hydroxyl groups is 1. The van der Waals surface area contributed by atoms with Crippen LogP contribution in [-0.4, -0.2) is 51.7 Å². The number of hydrogen-bond donors (Lipinski definition) is 2. The fourth-order valence-corrected chi connectivity index (χ4v) is 0.835. The molecule has 74 valence electrons. The van der Waals surface area contributed by atoms with Crippen LogP contribution in [0, 0.1) is 0 Å². The molecule has 0 fully saturated rings. The zero-order valence-corrected chi connectivity index (χ0v) is 7.88. The van der Waals surface area contributed by atoms with E-state index in [2.05, 4.69) is 5.32 Å². The third-order valence-electron chi connectivity index (χ3n) is 1.64. The van der Waals surface area contributed by atoms with Crippen LogP contribution < -0.4 is 5.32 Å². The fraction of sp³-hybridized carbons (Fsp3) is 1.00. The molecule has 0 amide bonds. The van der Waals surface area contributed by atoms with Crippen LogP contribution in [0.5, 0.6) is 0 Å². The molecule has 4 heteroatoms. The molecule has 1 atom stereocenters. The second-order valence-corrected chi connectivity index (χ2v) is 2.57. The Bertz CT molecular complexity index is 90.4. The standard InChI is InChI=1S/C8H19NO3/c1-9-8(3-4-10)7-12-6-5-11-2/h8-10H,3-7H2,1-2H3. The highest BCUT2D eigenvalue weighted by Gasteiger charge is 2.03. The minimum Gasteiger partial charge on any atom is -0.396 e. The van der Waals surface area contributed by atoms with Gasteiger partial charge in [-0.15, -0.1) is 0 Å². The van der Waals surface area contributed by atoms with Crippen molar-refractivity contribution >= 4 is 0 Å². The van der Waals surface area contributed by atoms with E-state index in [0.717, 1.165) is 6.42 Å². The molecule has 0 spiro atoms. The first-order chi connectivity index (χ1) is 5.85. The van der Waals surface area contributed by atoms with Crippen molar-refractivity contribution in [2.75, 3.05) is 40.6 Å². The van der Waals surface area contributed by atoms with Crippen molar-refractivity contribution < 1.29 is 14.6 Å². The van der Waals surface area contributed by atoms with E-state index in [9.17, 15) is 0 Å². The SMILES string of the molecule is CNC(CCO)COCCOC. The van der Waals surface area contributed by atoms with Crippen molar-refractivity contribution in [3.05, 3.63) is 0 Å². The number of rotatable bonds is 8. The van der Waals surface area contributed by atoms with E-state index in [4.69, 9.17) is 14.6 Å². The monoisotopic (exact) mass is 177 g/mol. The summed E-state index contributed by atoms with van der Waals surface area (Å²) in [5.41, 5.74) is 0. The summed E-state index contributed by atoms with van der Waals surface area (Å²) in [4.78, 5) is 0.